The Morgan fingerprint density at radius 1 is 1.69 bits per heavy atom. The molecule has 2 N–H and O–H groups in total. The third kappa shape index (κ3) is 3.23. The summed E-state index contributed by atoms with van der Waals surface area (Å²) >= 11 is 0. The minimum Gasteiger partial charge on any atom is -0.347 e. The van der Waals surface area contributed by atoms with Crippen molar-refractivity contribution in [2.75, 3.05) is 5.75 Å². The number of imidazole rings is 1. The minimum absolute atomic E-state index is 0.129. The van der Waals surface area contributed by atoms with Crippen LogP contribution in [-0.4, -0.2) is 24.1 Å². The first-order valence-corrected chi connectivity index (χ1v) is 5.11. The lowest BCUT2D eigenvalue weighted by Crippen LogP contribution is -2.25. The molecule has 0 saturated heterocycles. The predicted octanol–water partition coefficient (Wildman–Crippen LogP) is -0.647. The highest BCUT2D eigenvalue weighted by molar-refractivity contribution is 7.89. The lowest BCUT2D eigenvalue weighted by molar-refractivity contribution is 0.584. The van der Waals surface area contributed by atoms with E-state index in [0.717, 1.165) is 0 Å². The Morgan fingerprint density at radius 3 is 3.00 bits per heavy atom. The number of rotatable bonds is 4. The highest BCUT2D eigenvalue weighted by atomic mass is 32.2. The topological polar surface area (TPSA) is 98.6 Å². The second kappa shape index (κ2) is 4.02. The summed E-state index contributed by atoms with van der Waals surface area (Å²) in [5.41, 5.74) is 0.654. The molecule has 0 fully saturated rings. The second-order valence-corrected chi connectivity index (χ2v) is 4.12. The van der Waals surface area contributed by atoms with Gasteiger partial charge in [-0.3, -0.25) is 0 Å². The lowest BCUT2D eigenvalue weighted by atomic mass is 10.5. The van der Waals surface area contributed by atoms with Crippen LogP contribution in [0.5, 0.6) is 0 Å². The van der Waals surface area contributed by atoms with Gasteiger partial charge in [-0.15, -0.1) is 0 Å². The molecule has 0 bridgehead atoms. The predicted molar refractivity (Wildman–Crippen MR) is 44.8 cm³/mol. The molecule has 1 aromatic rings. The van der Waals surface area contributed by atoms with Gasteiger partial charge >= 0.3 is 0 Å². The molecular formula is C6H8N4O2S. The van der Waals surface area contributed by atoms with Crippen molar-refractivity contribution in [2.24, 2.45) is 0 Å². The first-order valence-electron chi connectivity index (χ1n) is 3.45. The van der Waals surface area contributed by atoms with Crippen molar-refractivity contribution in [1.82, 2.24) is 14.7 Å². The number of hydrogen-bond acceptors (Lipinski definition) is 4. The number of nitriles is 1. The molecule has 0 atom stereocenters. The Labute approximate surface area is 75.7 Å². The fourth-order valence-corrected chi connectivity index (χ4v) is 1.35. The van der Waals surface area contributed by atoms with Gasteiger partial charge in [-0.05, 0) is 0 Å². The van der Waals surface area contributed by atoms with Gasteiger partial charge in [-0.25, -0.2) is 18.1 Å². The molecule has 0 radical (unpaired) electrons. The van der Waals surface area contributed by atoms with E-state index in [1.807, 2.05) is 0 Å². The molecule has 0 unspecified atom stereocenters. The zero-order chi connectivity index (χ0) is 9.73. The molecule has 1 rings (SSSR count). The summed E-state index contributed by atoms with van der Waals surface area (Å²) in [6, 6.07) is 1.56. The third-order valence-corrected chi connectivity index (χ3v) is 2.39. The Hall–Kier alpha value is -1.39. The number of H-pyrrole nitrogens is 1. The van der Waals surface area contributed by atoms with E-state index in [4.69, 9.17) is 5.26 Å². The average Bonchev–Trinajstić information content (AvgIpc) is 2.52. The maximum Gasteiger partial charge on any atom is 0.225 e. The fraction of sp³-hybridized carbons (Fsp3) is 0.333. The van der Waals surface area contributed by atoms with Gasteiger partial charge in [-0.2, -0.15) is 5.26 Å². The Morgan fingerprint density at radius 2 is 2.46 bits per heavy atom. The van der Waals surface area contributed by atoms with Gasteiger partial charge in [0.1, 0.15) is 0 Å². The summed E-state index contributed by atoms with van der Waals surface area (Å²) in [6.07, 6.45) is 2.96. The largest absolute Gasteiger partial charge is 0.347 e. The molecule has 7 heteroatoms. The Balaban J connectivity index is 2.49. The van der Waals surface area contributed by atoms with Crippen molar-refractivity contribution >= 4 is 10.0 Å². The van der Waals surface area contributed by atoms with Gasteiger partial charge in [-0.1, -0.05) is 0 Å². The smallest absolute Gasteiger partial charge is 0.225 e. The molecule has 0 aliphatic carbocycles. The van der Waals surface area contributed by atoms with Crippen LogP contribution in [0.25, 0.3) is 0 Å². The molecule has 0 aromatic carbocycles. The molecule has 0 aliphatic heterocycles. The average molecular weight is 200 g/mol. The normalized spacial score (nSPS) is 11.0. The van der Waals surface area contributed by atoms with Crippen LogP contribution in [0.1, 0.15) is 5.69 Å². The molecule has 0 saturated carbocycles. The standard InChI is InChI=1S/C6H8N4O2S/c7-1-2-13(11,12)10-4-6-3-8-5-9-6/h3,5,10H,2,4H2,(H,8,9). The maximum absolute atomic E-state index is 11.0. The van der Waals surface area contributed by atoms with E-state index in [0.29, 0.717) is 5.69 Å². The van der Waals surface area contributed by atoms with Gasteiger partial charge < -0.3 is 4.98 Å². The molecular weight excluding hydrogens is 192 g/mol. The maximum atomic E-state index is 11.0. The summed E-state index contributed by atoms with van der Waals surface area (Å²) in [5, 5.41) is 8.17. The zero-order valence-corrected chi connectivity index (χ0v) is 7.50. The highest BCUT2D eigenvalue weighted by Gasteiger charge is 2.08. The molecule has 0 amide bonds. The van der Waals surface area contributed by atoms with Crippen molar-refractivity contribution in [3.8, 4) is 6.07 Å². The fourth-order valence-electron chi connectivity index (χ4n) is 0.705. The van der Waals surface area contributed by atoms with Gasteiger partial charge in [0.2, 0.25) is 10.0 Å². The van der Waals surface area contributed by atoms with Crippen molar-refractivity contribution < 1.29 is 8.42 Å². The molecule has 0 spiro atoms. The second-order valence-electron chi connectivity index (χ2n) is 2.32. The van der Waals surface area contributed by atoms with Gasteiger partial charge in [0.05, 0.1) is 18.9 Å². The van der Waals surface area contributed by atoms with Gasteiger partial charge in [0.25, 0.3) is 0 Å². The van der Waals surface area contributed by atoms with E-state index in [1.165, 1.54) is 12.5 Å². The van der Waals surface area contributed by atoms with Gasteiger partial charge in [0, 0.05) is 11.9 Å². The van der Waals surface area contributed by atoms with E-state index in [1.54, 1.807) is 6.07 Å². The van der Waals surface area contributed by atoms with Crippen LogP contribution < -0.4 is 4.72 Å². The van der Waals surface area contributed by atoms with Crippen molar-refractivity contribution in [2.45, 2.75) is 6.54 Å². The first-order chi connectivity index (χ1) is 6.14. The number of sulfonamides is 1. The van der Waals surface area contributed by atoms with Crippen molar-refractivity contribution in [3.05, 3.63) is 18.2 Å². The number of nitrogens with one attached hydrogen (secondary N) is 2. The van der Waals surface area contributed by atoms with Crippen LogP contribution in [0, 0.1) is 11.3 Å². The minimum atomic E-state index is -3.47. The molecule has 1 heterocycles. The van der Waals surface area contributed by atoms with Crippen LogP contribution in [-0.2, 0) is 16.6 Å². The quantitative estimate of drug-likeness (QED) is 0.674. The summed E-state index contributed by atoms with van der Waals surface area (Å²) in [4.78, 5) is 6.44. The molecule has 70 valence electrons. The zero-order valence-electron chi connectivity index (χ0n) is 6.69. The van der Waals surface area contributed by atoms with Crippen LogP contribution >= 0.6 is 0 Å². The third-order valence-electron chi connectivity index (χ3n) is 1.29. The number of aromatic nitrogens is 2. The molecule has 1 aromatic heterocycles. The van der Waals surface area contributed by atoms with E-state index in [9.17, 15) is 8.42 Å². The number of aromatic amines is 1. The van der Waals surface area contributed by atoms with E-state index in [-0.39, 0.29) is 6.54 Å². The van der Waals surface area contributed by atoms with Crippen LogP contribution in [0.4, 0.5) is 0 Å². The SMILES string of the molecule is N#CCS(=O)(=O)NCc1cnc[nH]1. The van der Waals surface area contributed by atoms with Crippen molar-refractivity contribution in [3.63, 3.8) is 0 Å². The Bertz CT molecular complexity index is 389. The summed E-state index contributed by atoms with van der Waals surface area (Å²) in [6.45, 7) is 0.129. The Kier molecular flexibility index (Phi) is 3.00. The van der Waals surface area contributed by atoms with Gasteiger partial charge in [0.15, 0.2) is 5.75 Å². The molecule has 13 heavy (non-hydrogen) atoms. The molecule has 0 aliphatic rings. The number of hydrogen-bond donors (Lipinski definition) is 2. The van der Waals surface area contributed by atoms with E-state index in [2.05, 4.69) is 14.7 Å². The van der Waals surface area contributed by atoms with E-state index >= 15 is 0 Å². The summed E-state index contributed by atoms with van der Waals surface area (Å²) in [5.74, 6) is -0.527. The molecule has 6 nitrogen and oxygen atoms in total. The highest BCUT2D eigenvalue weighted by Crippen LogP contribution is 1.91. The van der Waals surface area contributed by atoms with Crippen molar-refractivity contribution in [1.29, 1.82) is 5.26 Å². The summed E-state index contributed by atoms with van der Waals surface area (Å²) in [7, 11) is -3.47. The first kappa shape index (κ1) is 9.70. The van der Waals surface area contributed by atoms with Crippen LogP contribution in [0.15, 0.2) is 12.5 Å². The monoisotopic (exact) mass is 200 g/mol. The lowest BCUT2D eigenvalue weighted by Gasteiger charge is -1.99. The van der Waals surface area contributed by atoms with Crippen LogP contribution in [0.2, 0.25) is 0 Å². The van der Waals surface area contributed by atoms with Crippen LogP contribution in [0.3, 0.4) is 0 Å². The summed E-state index contributed by atoms with van der Waals surface area (Å²) < 4.78 is 24.2. The van der Waals surface area contributed by atoms with E-state index < -0.39 is 15.8 Å². The number of nitrogens with zero attached hydrogens (tertiary/aromatic N) is 2.